The van der Waals surface area contributed by atoms with Gasteiger partial charge in [0.1, 0.15) is 10.1 Å². The highest BCUT2D eigenvalue weighted by Gasteiger charge is 2.31. The van der Waals surface area contributed by atoms with Gasteiger partial charge in [0.2, 0.25) is 5.91 Å². The van der Waals surface area contributed by atoms with Crippen molar-refractivity contribution in [2.75, 3.05) is 11.9 Å². The Morgan fingerprint density at radius 3 is 2.54 bits per heavy atom. The summed E-state index contributed by atoms with van der Waals surface area (Å²) in [5.41, 5.74) is 1.54. The molecular weight excluding hydrogens is 460 g/mol. The van der Waals surface area contributed by atoms with Gasteiger partial charge >= 0.3 is 0 Å². The van der Waals surface area contributed by atoms with E-state index in [4.69, 9.17) is 12.2 Å². The fourth-order valence-electron chi connectivity index (χ4n) is 2.57. The second-order valence-electron chi connectivity index (χ2n) is 6.08. The molecule has 5 nitrogen and oxygen atoms in total. The highest BCUT2D eigenvalue weighted by atomic mass is 79.9. The molecule has 28 heavy (non-hydrogen) atoms. The van der Waals surface area contributed by atoms with Gasteiger partial charge in [-0.25, -0.2) is 0 Å². The summed E-state index contributed by atoms with van der Waals surface area (Å²) in [5.74, 6) is -0.137. The lowest BCUT2D eigenvalue weighted by Gasteiger charge is -2.14. The summed E-state index contributed by atoms with van der Waals surface area (Å²) in [5, 5.41) is 12.0. The Kier molecular flexibility index (Phi) is 6.88. The summed E-state index contributed by atoms with van der Waals surface area (Å²) >= 11 is 9.99. The lowest BCUT2D eigenvalue weighted by Crippen LogP contribution is -2.29. The topological polar surface area (TPSA) is 69.6 Å². The van der Waals surface area contributed by atoms with Crippen molar-refractivity contribution in [1.29, 1.82) is 0 Å². The van der Waals surface area contributed by atoms with E-state index in [0.29, 0.717) is 27.9 Å². The Hall–Kier alpha value is -2.16. The normalized spacial score (nSPS) is 15.3. The first kappa shape index (κ1) is 20.6. The van der Waals surface area contributed by atoms with Crippen LogP contribution in [0.15, 0.2) is 57.9 Å². The number of thioether (sulfide) groups is 1. The number of carbonyl (C=O) groups is 2. The highest BCUT2D eigenvalue weighted by Crippen LogP contribution is 2.32. The molecule has 2 aromatic carbocycles. The van der Waals surface area contributed by atoms with Crippen molar-refractivity contribution in [3.8, 4) is 5.75 Å². The molecule has 0 aliphatic carbocycles. The van der Waals surface area contributed by atoms with Gasteiger partial charge in [0.15, 0.2) is 0 Å². The number of amides is 2. The molecule has 1 fully saturated rings. The predicted octanol–water partition coefficient (Wildman–Crippen LogP) is 4.77. The summed E-state index contributed by atoms with van der Waals surface area (Å²) in [4.78, 5) is 26.8. The van der Waals surface area contributed by atoms with E-state index in [1.165, 1.54) is 23.9 Å². The predicted molar refractivity (Wildman–Crippen MR) is 120 cm³/mol. The van der Waals surface area contributed by atoms with Gasteiger partial charge in [-0.15, -0.1) is 0 Å². The third-order valence-electron chi connectivity index (χ3n) is 3.98. The fourth-order valence-corrected chi connectivity index (χ4v) is 4.14. The standard InChI is InChI=1S/C20H17BrN2O3S2/c21-14-5-3-13(4-6-14)12-17-19(26)23(20(27)28-17)11-1-2-18(25)22-15-7-9-16(24)10-8-15/h3-10,12,24H,1-2,11H2,(H,22,25). The van der Waals surface area contributed by atoms with Gasteiger partial charge in [-0.3, -0.25) is 14.5 Å². The Morgan fingerprint density at radius 1 is 1.18 bits per heavy atom. The molecule has 8 heteroatoms. The minimum atomic E-state index is -0.151. The highest BCUT2D eigenvalue weighted by molar-refractivity contribution is 9.10. The molecule has 0 bridgehead atoms. The SMILES string of the molecule is O=C(CCCN1C(=O)C(=Cc2ccc(Br)cc2)SC1=S)Nc1ccc(O)cc1. The monoisotopic (exact) mass is 476 g/mol. The summed E-state index contributed by atoms with van der Waals surface area (Å²) in [6.45, 7) is 0.394. The molecular formula is C20H17BrN2O3S2. The van der Waals surface area contributed by atoms with Crippen molar-refractivity contribution in [3.05, 3.63) is 63.5 Å². The van der Waals surface area contributed by atoms with Crippen LogP contribution in [0.25, 0.3) is 6.08 Å². The van der Waals surface area contributed by atoms with E-state index in [1.807, 2.05) is 30.3 Å². The van der Waals surface area contributed by atoms with Crippen LogP contribution < -0.4 is 5.32 Å². The molecule has 0 unspecified atom stereocenters. The van der Waals surface area contributed by atoms with Crippen LogP contribution in [0.1, 0.15) is 18.4 Å². The second kappa shape index (κ2) is 9.36. The Balaban J connectivity index is 1.52. The van der Waals surface area contributed by atoms with Crippen LogP contribution >= 0.6 is 39.9 Å². The molecule has 0 saturated carbocycles. The van der Waals surface area contributed by atoms with E-state index in [-0.39, 0.29) is 24.0 Å². The Morgan fingerprint density at radius 2 is 1.86 bits per heavy atom. The maximum atomic E-state index is 12.6. The third kappa shape index (κ3) is 5.43. The number of halogens is 1. The molecule has 2 aromatic rings. The number of benzene rings is 2. The molecule has 1 heterocycles. The zero-order valence-corrected chi connectivity index (χ0v) is 17.9. The molecule has 3 rings (SSSR count). The van der Waals surface area contributed by atoms with E-state index in [9.17, 15) is 14.7 Å². The minimum Gasteiger partial charge on any atom is -0.508 e. The van der Waals surface area contributed by atoms with Crippen LogP contribution in [-0.2, 0) is 9.59 Å². The van der Waals surface area contributed by atoms with Gasteiger partial charge in [-0.2, -0.15) is 0 Å². The fraction of sp³-hybridized carbons (Fsp3) is 0.150. The van der Waals surface area contributed by atoms with E-state index in [0.717, 1.165) is 10.0 Å². The first-order valence-corrected chi connectivity index (χ1v) is 10.5. The number of nitrogens with one attached hydrogen (secondary N) is 1. The van der Waals surface area contributed by atoms with Crippen molar-refractivity contribution < 1.29 is 14.7 Å². The zero-order chi connectivity index (χ0) is 20.1. The van der Waals surface area contributed by atoms with E-state index in [1.54, 1.807) is 17.0 Å². The quantitative estimate of drug-likeness (QED) is 0.356. The summed E-state index contributed by atoms with van der Waals surface area (Å²) in [6.07, 6.45) is 2.59. The van der Waals surface area contributed by atoms with Crippen LogP contribution in [0.2, 0.25) is 0 Å². The van der Waals surface area contributed by atoms with Gasteiger partial charge < -0.3 is 10.4 Å². The molecule has 0 radical (unpaired) electrons. The number of thiocarbonyl (C=S) groups is 1. The summed E-state index contributed by atoms with van der Waals surface area (Å²) in [6, 6.07) is 13.9. The van der Waals surface area contributed by atoms with Gasteiger partial charge in [-0.05, 0) is 54.5 Å². The Bertz CT molecular complexity index is 927. The average Bonchev–Trinajstić information content (AvgIpc) is 2.93. The number of phenolic OH excluding ortho intramolecular Hbond substituents is 1. The molecule has 1 aliphatic rings. The largest absolute Gasteiger partial charge is 0.508 e. The van der Waals surface area contributed by atoms with Crippen molar-refractivity contribution in [2.24, 2.45) is 0 Å². The molecule has 2 N–H and O–H groups in total. The molecule has 1 saturated heterocycles. The minimum absolute atomic E-state index is 0.128. The zero-order valence-electron chi connectivity index (χ0n) is 14.7. The molecule has 144 valence electrons. The van der Waals surface area contributed by atoms with Gasteiger partial charge in [0.25, 0.3) is 5.91 Å². The maximum Gasteiger partial charge on any atom is 0.266 e. The van der Waals surface area contributed by atoms with Gasteiger partial charge in [-0.1, -0.05) is 52.0 Å². The van der Waals surface area contributed by atoms with Crippen molar-refractivity contribution >= 4 is 67.8 Å². The summed E-state index contributed by atoms with van der Waals surface area (Å²) in [7, 11) is 0. The maximum absolute atomic E-state index is 12.6. The van der Waals surface area contributed by atoms with E-state index < -0.39 is 0 Å². The number of carbonyl (C=O) groups excluding carboxylic acids is 2. The number of phenols is 1. The summed E-state index contributed by atoms with van der Waals surface area (Å²) < 4.78 is 1.48. The van der Waals surface area contributed by atoms with Crippen LogP contribution in [0.4, 0.5) is 5.69 Å². The molecule has 1 aliphatic heterocycles. The number of hydrogen-bond donors (Lipinski definition) is 2. The lowest BCUT2D eigenvalue weighted by atomic mass is 10.2. The Labute approximate surface area is 180 Å². The van der Waals surface area contributed by atoms with Crippen molar-refractivity contribution in [1.82, 2.24) is 4.90 Å². The average molecular weight is 477 g/mol. The molecule has 2 amide bonds. The first-order chi connectivity index (χ1) is 13.4. The van der Waals surface area contributed by atoms with Crippen LogP contribution in [0.3, 0.4) is 0 Å². The molecule has 0 spiro atoms. The lowest BCUT2D eigenvalue weighted by molar-refractivity contribution is -0.122. The number of rotatable bonds is 6. The number of anilines is 1. The van der Waals surface area contributed by atoms with Crippen molar-refractivity contribution in [2.45, 2.75) is 12.8 Å². The van der Waals surface area contributed by atoms with E-state index >= 15 is 0 Å². The smallest absolute Gasteiger partial charge is 0.266 e. The number of hydrogen-bond acceptors (Lipinski definition) is 5. The molecule has 0 aromatic heterocycles. The number of nitrogens with zero attached hydrogens (tertiary/aromatic N) is 1. The van der Waals surface area contributed by atoms with E-state index in [2.05, 4.69) is 21.2 Å². The van der Waals surface area contributed by atoms with Gasteiger partial charge in [0, 0.05) is 23.1 Å². The van der Waals surface area contributed by atoms with Crippen LogP contribution in [0, 0.1) is 0 Å². The van der Waals surface area contributed by atoms with Crippen LogP contribution in [-0.4, -0.2) is 32.7 Å². The number of aromatic hydroxyl groups is 1. The van der Waals surface area contributed by atoms with Gasteiger partial charge in [0.05, 0.1) is 4.91 Å². The van der Waals surface area contributed by atoms with Crippen molar-refractivity contribution in [3.63, 3.8) is 0 Å². The first-order valence-electron chi connectivity index (χ1n) is 8.52. The molecule has 0 atom stereocenters. The van der Waals surface area contributed by atoms with Crippen LogP contribution in [0.5, 0.6) is 5.75 Å². The third-order valence-corrected chi connectivity index (χ3v) is 5.88. The second-order valence-corrected chi connectivity index (χ2v) is 8.67.